The Bertz CT molecular complexity index is 5180. The van der Waals surface area contributed by atoms with Crippen LogP contribution in [-0.2, 0) is 40.6 Å². The molecule has 0 aliphatic carbocycles. The highest BCUT2D eigenvalue weighted by atomic mass is 35.5. The van der Waals surface area contributed by atoms with Crippen molar-refractivity contribution in [3.8, 4) is 11.4 Å². The predicted molar refractivity (Wildman–Crippen MR) is 430 cm³/mol. The van der Waals surface area contributed by atoms with E-state index in [1.807, 2.05) is 53.7 Å². The fraction of sp³-hybridized carbons (Fsp3) is 0.361. The number of hydrogen-bond acceptors (Lipinski definition) is 28. The zero-order valence-electron chi connectivity index (χ0n) is 61.2. The van der Waals surface area contributed by atoms with Crippen LogP contribution in [0.25, 0.3) is 52.8 Å². The molecule has 3 N–H and O–H groups in total. The lowest BCUT2D eigenvalue weighted by Crippen LogP contribution is -2.41. The van der Waals surface area contributed by atoms with Crippen molar-refractivity contribution in [3.05, 3.63) is 161 Å². The summed E-state index contributed by atoms with van der Waals surface area (Å²) < 4.78 is 111. The van der Waals surface area contributed by atoms with Gasteiger partial charge in [0.2, 0.25) is 15.9 Å². The predicted octanol–water partition coefficient (Wildman–Crippen LogP) is 14.9. The molecule has 4 aromatic carbocycles. The minimum Gasteiger partial charge on any atom is -0.399 e. The number of aromatic nitrogens is 12. The van der Waals surface area contributed by atoms with Gasteiger partial charge in [0.15, 0.2) is 38.1 Å². The van der Waals surface area contributed by atoms with Crippen LogP contribution in [0.1, 0.15) is 70.7 Å². The largest absolute Gasteiger partial charge is 0.495 e. The zero-order valence-corrected chi connectivity index (χ0v) is 67.5. The quantitative estimate of drug-likeness (QED) is 0.0523. The highest BCUT2D eigenvalue weighted by Gasteiger charge is 2.52. The summed E-state index contributed by atoms with van der Waals surface area (Å²) >= 11 is 28.8. The van der Waals surface area contributed by atoms with Crippen molar-refractivity contribution in [2.75, 3.05) is 131 Å². The number of benzene rings is 4. The number of morpholine rings is 4. The average molecular weight is 1710 g/mol. The van der Waals surface area contributed by atoms with Gasteiger partial charge in [0.05, 0.1) is 97.2 Å². The Morgan fingerprint density at radius 2 is 0.850 bits per heavy atom. The van der Waals surface area contributed by atoms with Gasteiger partial charge < -0.3 is 58.9 Å². The van der Waals surface area contributed by atoms with E-state index in [4.69, 9.17) is 79.6 Å². The van der Waals surface area contributed by atoms with Crippen molar-refractivity contribution in [1.82, 2.24) is 65.1 Å². The number of nitrogens with zero attached hydrogens (tertiary/aromatic N) is 15. The van der Waals surface area contributed by atoms with Crippen LogP contribution in [0.3, 0.4) is 0 Å². The van der Waals surface area contributed by atoms with Gasteiger partial charge in [-0.1, -0.05) is 41.4 Å². The van der Waals surface area contributed by atoms with Crippen LogP contribution in [0.2, 0.25) is 21.0 Å². The normalized spacial score (nSPS) is 16.2. The van der Waals surface area contributed by atoms with Crippen LogP contribution in [0.5, 0.6) is 0 Å². The number of halogens is 10. The molecule has 0 radical (unpaired) electrons. The van der Waals surface area contributed by atoms with E-state index in [0.29, 0.717) is 86.2 Å². The van der Waals surface area contributed by atoms with Crippen molar-refractivity contribution >= 4 is 186 Å². The maximum atomic E-state index is 13.0. The van der Waals surface area contributed by atoms with Gasteiger partial charge in [-0.15, -0.1) is 45.3 Å². The first kappa shape index (κ1) is 84.0. The first-order valence-corrected chi connectivity index (χ1v) is 40.0. The van der Waals surface area contributed by atoms with Crippen LogP contribution in [0.15, 0.2) is 107 Å². The van der Waals surface area contributed by atoms with Crippen LogP contribution in [0, 0.1) is 13.8 Å². The Hall–Kier alpha value is -8.38. The Labute approximate surface area is 679 Å². The fourth-order valence-corrected chi connectivity index (χ4v) is 15.1. The molecule has 26 nitrogen and oxygen atoms in total. The molecule has 13 heterocycles. The van der Waals surface area contributed by atoms with E-state index in [9.17, 15) is 35.9 Å². The minimum atomic E-state index is -4.53. The highest BCUT2D eigenvalue weighted by Crippen LogP contribution is 2.39. The molecule has 5 saturated heterocycles. The third-order valence-electron chi connectivity index (χ3n) is 18.1. The Morgan fingerprint density at radius 3 is 1.27 bits per heavy atom. The average Bonchev–Trinajstić information content (AvgIpc) is 1.59. The van der Waals surface area contributed by atoms with Crippen LogP contribution >= 0.6 is 91.8 Å². The van der Waals surface area contributed by atoms with Crippen LogP contribution < -0.4 is 36.1 Å². The molecule has 0 bridgehead atoms. The van der Waals surface area contributed by atoms with Gasteiger partial charge in [-0.25, -0.2) is 49.8 Å². The molecule has 5 aliphatic rings. The fourth-order valence-electron chi connectivity index (χ4n) is 11.5. The number of aryl methyl sites for hydroxylation is 2. The minimum absolute atomic E-state index is 0.0717. The number of thiazole rings is 4. The lowest BCUT2D eigenvalue weighted by molar-refractivity contribution is -0.138. The number of hydrogen-bond donors (Lipinski definition) is 3. The number of anilines is 5. The van der Waals surface area contributed by atoms with Gasteiger partial charge >= 0.3 is 19.5 Å². The van der Waals surface area contributed by atoms with E-state index in [0.717, 1.165) is 147 Å². The second-order valence-corrected chi connectivity index (χ2v) is 30.9. The summed E-state index contributed by atoms with van der Waals surface area (Å²) in [5, 5.41) is 9.52. The second kappa shape index (κ2) is 37.5. The summed E-state index contributed by atoms with van der Waals surface area (Å²) in [6.45, 7) is 24.1. The molecule has 0 saturated carbocycles. The second-order valence-electron chi connectivity index (χ2n) is 26.2. The van der Waals surface area contributed by atoms with Crippen molar-refractivity contribution in [3.63, 3.8) is 0 Å². The van der Waals surface area contributed by atoms with E-state index in [1.165, 1.54) is 69.6 Å². The smallest absolute Gasteiger partial charge is 0.399 e. The highest BCUT2D eigenvalue weighted by molar-refractivity contribution is 7.17. The van der Waals surface area contributed by atoms with Gasteiger partial charge in [-0.3, -0.25) is 9.59 Å². The molecule has 113 heavy (non-hydrogen) atoms. The van der Waals surface area contributed by atoms with Gasteiger partial charge in [0, 0.05) is 80.4 Å². The maximum absolute atomic E-state index is 13.0. The lowest BCUT2D eigenvalue weighted by Gasteiger charge is -2.32. The van der Waals surface area contributed by atoms with Gasteiger partial charge in [-0.05, 0) is 148 Å². The summed E-state index contributed by atoms with van der Waals surface area (Å²) in [6, 6.07) is 19.1. The number of amides is 2. The molecule has 2 amide bonds. The number of carbonyl (C=O) groups excluding carboxylic acids is 2. The Balaban J connectivity index is 0.000000135. The topological polar surface area (TPSA) is 290 Å². The first-order valence-electron chi connectivity index (χ1n) is 34.9. The van der Waals surface area contributed by atoms with Crippen molar-refractivity contribution in [2.24, 2.45) is 0 Å². The molecule has 8 aromatic heterocycles. The molecule has 41 heteroatoms. The maximum Gasteiger partial charge on any atom is 0.495 e. The van der Waals surface area contributed by atoms with Crippen LogP contribution in [0.4, 0.5) is 55.2 Å². The zero-order chi connectivity index (χ0) is 80.2. The van der Waals surface area contributed by atoms with Crippen molar-refractivity contribution in [2.45, 2.75) is 65.1 Å². The number of nitrogens with one attached hydrogen (secondary N) is 3. The SMILES string of the molecule is C1COCCN1.Cc1ccc(NC(=O)c2cccc(C(F)(F)F)c2)cc1-c1nc(N2CCOCC2)c2ncsc2n1.Cc1ccc(NC(=O)c2cccc(C(F)(F)F)c2)cc1B1OC(C)(C)C(C)(C)O1.Clc1nc(Cl)c2ncsc2n1.Clc1nc(N2CCOCC2)c2ncsc2n1.Clc1nc(N2CCOCC2)c2ncsc2n1. The van der Waals surface area contributed by atoms with E-state index < -0.39 is 53.6 Å². The Morgan fingerprint density at radius 1 is 0.469 bits per heavy atom. The lowest BCUT2D eigenvalue weighted by atomic mass is 9.76. The number of rotatable bonds is 9. The first-order chi connectivity index (χ1) is 54.0. The third kappa shape index (κ3) is 21.6. The number of alkyl halides is 6. The molecular weight excluding hydrogens is 1640 g/mol. The van der Waals surface area contributed by atoms with E-state index >= 15 is 0 Å². The van der Waals surface area contributed by atoms with E-state index in [1.54, 1.807) is 46.3 Å². The standard InChI is InChI=1S/C24H20F3N5O2S.C21H23BF3NO3.2C9H9ClN4OS.C5HCl2N3S.C4H9NO/c1-14-5-6-17(29-22(33)15-3-2-4-16(11-15)24(25,26)27)12-18(14)20-30-21(32-7-9-34-10-8-32)19-23(31-20)35-13-28-19;1-13-9-10-16(12-17(13)22-28-19(2,3)20(4,5)29-22)26-18(27)14-7-6-8-15(11-14)21(23,24)25;2*10-9-12-7(14-1-3-15-4-2-14)6-8(13-9)16-5-11-6;6-3-2-4(11-1-8-2)10-5(7)9-3;1-3-6-4-2-5-1/h2-6,11-13H,7-10H2,1H3,(H,29,33);6-12H,1-5H3,(H,26,27);2*5H,1-4H2;1H;5H,1-4H2. The molecule has 5 aliphatic heterocycles. The van der Waals surface area contributed by atoms with Crippen molar-refractivity contribution < 1.29 is 64.2 Å². The molecular formula is C72H71BCl4F6N18O8S4. The molecule has 17 rings (SSSR count). The van der Waals surface area contributed by atoms with Gasteiger partial charge in [0.25, 0.3) is 11.8 Å². The van der Waals surface area contributed by atoms with Crippen LogP contribution in [-0.4, -0.2) is 195 Å². The summed E-state index contributed by atoms with van der Waals surface area (Å²) in [5.41, 5.74) is 11.1. The molecule has 594 valence electrons. The summed E-state index contributed by atoms with van der Waals surface area (Å²) in [4.78, 5) is 85.6. The molecule has 0 atom stereocenters. The number of ether oxygens (including phenoxy) is 4. The summed E-state index contributed by atoms with van der Waals surface area (Å²) in [6.07, 6.45) is -9.04. The van der Waals surface area contributed by atoms with E-state index in [-0.39, 0.29) is 27.0 Å². The summed E-state index contributed by atoms with van der Waals surface area (Å²) in [7, 11) is -0.606. The molecule has 5 fully saturated rings. The molecule has 0 spiro atoms. The van der Waals surface area contributed by atoms with Gasteiger partial charge in [0.1, 0.15) is 31.7 Å². The number of fused-ring (bicyclic) bond motifs is 4. The Kier molecular flexibility index (Phi) is 27.9. The van der Waals surface area contributed by atoms with Crippen molar-refractivity contribution in [1.29, 1.82) is 0 Å². The molecule has 12 aromatic rings. The number of carbonyl (C=O) groups is 2. The van der Waals surface area contributed by atoms with E-state index in [2.05, 4.69) is 85.5 Å². The monoisotopic (exact) mass is 1710 g/mol. The van der Waals surface area contributed by atoms with Gasteiger partial charge in [-0.2, -0.15) is 36.3 Å². The molecule has 0 unspecified atom stereocenters. The summed E-state index contributed by atoms with van der Waals surface area (Å²) in [5.74, 6) is 1.58. The third-order valence-corrected chi connectivity index (χ3v) is 21.7.